The molecule has 6 atom stereocenters. The van der Waals surface area contributed by atoms with Crippen molar-refractivity contribution in [2.75, 3.05) is 33.0 Å². The van der Waals surface area contributed by atoms with Gasteiger partial charge in [0, 0.05) is 55.4 Å². The summed E-state index contributed by atoms with van der Waals surface area (Å²) in [6, 6.07) is 18.0. The van der Waals surface area contributed by atoms with Gasteiger partial charge in [0.05, 0.1) is 29.8 Å². The maximum atomic E-state index is 14.5. The second-order valence-corrected chi connectivity index (χ2v) is 18.1. The van der Waals surface area contributed by atoms with Gasteiger partial charge in [-0.3, -0.25) is 19.8 Å². The number of carbonyl (C=O) groups is 2. The fourth-order valence-electron chi connectivity index (χ4n) is 9.37. The molecule has 0 bridgehead atoms. The summed E-state index contributed by atoms with van der Waals surface area (Å²) in [6.07, 6.45) is 9.27. The first-order valence-electron chi connectivity index (χ1n) is 22.5. The third kappa shape index (κ3) is 11.2. The van der Waals surface area contributed by atoms with Crippen molar-refractivity contribution >= 4 is 23.8 Å². The molecule has 3 aliphatic rings. The number of nitro benzene ring substituents is 1. The Bertz CT molecular complexity index is 2150. The first kappa shape index (κ1) is 47.9. The number of aldehydes is 1. The molecule has 0 aromatic heterocycles. The quantitative estimate of drug-likeness (QED) is 0.0322. The molecule has 3 aromatic carbocycles. The normalized spacial score (nSPS) is 22.9. The summed E-state index contributed by atoms with van der Waals surface area (Å²) in [5, 5.41) is 36.1. The van der Waals surface area contributed by atoms with Gasteiger partial charge in [-0.1, -0.05) is 70.0 Å². The van der Waals surface area contributed by atoms with Crippen LogP contribution < -0.4 is 9.47 Å². The van der Waals surface area contributed by atoms with Crippen molar-refractivity contribution in [3.63, 3.8) is 0 Å². The minimum atomic E-state index is -1.48. The molecule has 14 heteroatoms. The van der Waals surface area contributed by atoms with Gasteiger partial charge in [0.1, 0.15) is 36.2 Å². The lowest BCUT2D eigenvalue weighted by Gasteiger charge is -2.60. The van der Waals surface area contributed by atoms with Crippen molar-refractivity contribution in [3.8, 4) is 17.2 Å². The molecule has 6 unspecified atom stereocenters. The number of hydrogen-bond donors (Lipinski definition) is 2. The molecular formula is C50H63N3O11. The average Bonchev–Trinajstić information content (AvgIpc) is 3.28. The van der Waals surface area contributed by atoms with Gasteiger partial charge in [0.15, 0.2) is 0 Å². The van der Waals surface area contributed by atoms with E-state index in [1.807, 2.05) is 45.9 Å². The van der Waals surface area contributed by atoms with Crippen LogP contribution >= 0.6 is 0 Å². The number of nitro groups is 1. The Hall–Kier alpha value is -5.57. The van der Waals surface area contributed by atoms with Crippen molar-refractivity contribution in [1.29, 1.82) is 0 Å². The molecule has 2 aliphatic carbocycles. The van der Waals surface area contributed by atoms with E-state index in [4.69, 9.17) is 28.9 Å². The second kappa shape index (κ2) is 21.9. The van der Waals surface area contributed by atoms with Crippen LogP contribution in [0.2, 0.25) is 0 Å². The van der Waals surface area contributed by atoms with Crippen molar-refractivity contribution in [3.05, 3.63) is 118 Å². The minimum Gasteiger partial charge on any atom is -0.459 e. The highest BCUT2D eigenvalue weighted by molar-refractivity contribution is 6.03. The molecule has 0 saturated heterocycles. The fraction of sp³-hybridized carbons (Fsp3) is 0.500. The van der Waals surface area contributed by atoms with E-state index in [-0.39, 0.29) is 68.3 Å². The van der Waals surface area contributed by atoms with E-state index in [9.17, 15) is 29.9 Å². The van der Waals surface area contributed by atoms with Crippen LogP contribution in [0.3, 0.4) is 0 Å². The summed E-state index contributed by atoms with van der Waals surface area (Å²) >= 11 is 0. The Labute approximate surface area is 376 Å². The molecule has 1 fully saturated rings. The molecule has 344 valence electrons. The number of allylic oxidation sites excluding steroid dienone is 1. The largest absolute Gasteiger partial charge is 0.459 e. The number of amides is 1. The van der Waals surface area contributed by atoms with E-state index in [0.717, 1.165) is 43.1 Å². The summed E-state index contributed by atoms with van der Waals surface area (Å²) in [4.78, 5) is 44.9. The lowest BCUT2D eigenvalue weighted by atomic mass is 9.55. The summed E-state index contributed by atoms with van der Waals surface area (Å²) in [5.74, 6) is -0.744. The highest BCUT2D eigenvalue weighted by atomic mass is 16.7. The number of ether oxygens (including phenoxy) is 4. The number of fused-ring (bicyclic) bond motifs is 2. The Kier molecular flexibility index (Phi) is 16.4. The van der Waals surface area contributed by atoms with Crippen LogP contribution in [0.25, 0.3) is 0 Å². The van der Waals surface area contributed by atoms with E-state index in [1.54, 1.807) is 47.4 Å². The van der Waals surface area contributed by atoms with Gasteiger partial charge in [-0.2, -0.15) is 0 Å². The molecular weight excluding hydrogens is 819 g/mol. The summed E-state index contributed by atoms with van der Waals surface area (Å²) in [7, 11) is 0. The number of aliphatic hydroxyl groups excluding tert-OH is 2. The number of hydrogen-bond acceptors (Lipinski definition) is 12. The van der Waals surface area contributed by atoms with Crippen molar-refractivity contribution in [2.24, 2.45) is 28.3 Å². The van der Waals surface area contributed by atoms with Crippen molar-refractivity contribution in [1.82, 2.24) is 4.90 Å². The SMILES string of the molecule is C=CCOC12Oc3ccc(Oc4cccc(C=O)c4)cc3C3C(CCCCO)C(CCCCO)C=C(C(=NOCc4ccc([N+](=O)[O-])cc4)CC1N(CCC)C(=O)OCC(C)(C)C)C32. The van der Waals surface area contributed by atoms with E-state index < -0.39 is 28.8 Å². The number of unbranched alkanes of at least 4 members (excludes halogenated alkanes) is 2. The topological polar surface area (TPSA) is 179 Å². The third-order valence-corrected chi connectivity index (χ3v) is 12.1. The lowest BCUT2D eigenvalue weighted by molar-refractivity contribution is -0.384. The van der Waals surface area contributed by atoms with E-state index >= 15 is 0 Å². The number of carbonyl (C=O) groups excluding carboxylic acids is 2. The fourth-order valence-corrected chi connectivity index (χ4v) is 9.37. The number of nitrogens with zero attached hydrogens (tertiary/aromatic N) is 3. The first-order valence-corrected chi connectivity index (χ1v) is 22.5. The van der Waals surface area contributed by atoms with E-state index in [2.05, 4.69) is 12.7 Å². The molecule has 1 heterocycles. The van der Waals surface area contributed by atoms with Crippen molar-refractivity contribution in [2.45, 2.75) is 103 Å². The summed E-state index contributed by atoms with van der Waals surface area (Å²) in [5.41, 5.74) is 3.17. The van der Waals surface area contributed by atoms with Crippen LogP contribution in [-0.4, -0.2) is 82.9 Å². The standard InChI is InChI=1S/C50H63N3O11/c1-6-23-52(48(57)60-33-49(3,4)5)45-30-43(51-62-32-34-17-19-37(20-18-34)53(58)59)41-28-36(14-8-10-24-54)40(16-9-11-25-55)46-42-29-39(63-38-15-12-13-35(27-38)31-56)21-22-44(42)64-50(45,47(41)46)61-26-7-2/h7,12-13,15,17-22,27-29,31,36,40,45-47,54-55H,2,6,8-11,14,16,23-26,30,32-33H2,1,3-5H3. The smallest absolute Gasteiger partial charge is 0.410 e. The Morgan fingerprint density at radius 1 is 1.03 bits per heavy atom. The highest BCUT2D eigenvalue weighted by Crippen LogP contribution is 2.62. The van der Waals surface area contributed by atoms with Crippen LogP contribution in [0.15, 0.2) is 96.2 Å². The zero-order valence-corrected chi connectivity index (χ0v) is 37.5. The lowest BCUT2D eigenvalue weighted by Crippen LogP contribution is -2.70. The van der Waals surface area contributed by atoms with Crippen LogP contribution in [0.1, 0.15) is 106 Å². The summed E-state index contributed by atoms with van der Waals surface area (Å²) in [6.45, 7) is 12.8. The van der Waals surface area contributed by atoms with Crippen LogP contribution in [-0.2, 0) is 20.9 Å². The number of oxime groups is 1. The minimum absolute atomic E-state index is 0.00156. The Morgan fingerprint density at radius 3 is 2.44 bits per heavy atom. The number of benzene rings is 3. The molecule has 1 amide bonds. The van der Waals surface area contributed by atoms with Gasteiger partial charge < -0.3 is 34.0 Å². The zero-order valence-electron chi connectivity index (χ0n) is 37.5. The molecule has 3 aromatic rings. The van der Waals surface area contributed by atoms with Crippen molar-refractivity contribution < 1.29 is 48.5 Å². The number of rotatable bonds is 22. The van der Waals surface area contributed by atoms with Crippen LogP contribution in [0, 0.1) is 33.3 Å². The first-order chi connectivity index (χ1) is 30.9. The van der Waals surface area contributed by atoms with E-state index in [1.165, 1.54) is 12.1 Å². The second-order valence-electron chi connectivity index (χ2n) is 18.1. The van der Waals surface area contributed by atoms with Crippen LogP contribution in [0.4, 0.5) is 10.5 Å². The number of non-ortho nitro benzene ring substituents is 1. The number of aliphatic hydroxyl groups is 2. The third-order valence-electron chi connectivity index (χ3n) is 12.1. The van der Waals surface area contributed by atoms with Gasteiger partial charge >= 0.3 is 6.09 Å². The molecule has 6 rings (SSSR count). The molecule has 0 spiro atoms. The maximum absolute atomic E-state index is 14.5. The molecule has 1 aliphatic heterocycles. The van der Waals surface area contributed by atoms with Gasteiger partial charge in [0.2, 0.25) is 5.79 Å². The molecule has 64 heavy (non-hydrogen) atoms. The zero-order chi connectivity index (χ0) is 45.9. The molecule has 1 saturated carbocycles. The monoisotopic (exact) mass is 881 g/mol. The van der Waals surface area contributed by atoms with Crippen LogP contribution in [0.5, 0.6) is 17.2 Å². The molecule has 0 radical (unpaired) electrons. The van der Waals surface area contributed by atoms with E-state index in [0.29, 0.717) is 59.9 Å². The predicted octanol–water partition coefficient (Wildman–Crippen LogP) is 9.93. The maximum Gasteiger partial charge on any atom is 0.410 e. The van der Waals surface area contributed by atoms with Gasteiger partial charge in [-0.15, -0.1) is 6.58 Å². The predicted molar refractivity (Wildman–Crippen MR) is 243 cm³/mol. The van der Waals surface area contributed by atoms with Gasteiger partial charge in [-0.25, -0.2) is 4.79 Å². The highest BCUT2D eigenvalue weighted by Gasteiger charge is 2.65. The van der Waals surface area contributed by atoms with Gasteiger partial charge in [0.25, 0.3) is 5.69 Å². The average molecular weight is 882 g/mol. The Morgan fingerprint density at radius 2 is 1.77 bits per heavy atom. The Balaban J connectivity index is 1.57. The molecule has 2 N–H and O–H groups in total. The molecule has 14 nitrogen and oxygen atoms in total. The summed E-state index contributed by atoms with van der Waals surface area (Å²) < 4.78 is 26.8. The van der Waals surface area contributed by atoms with Gasteiger partial charge in [-0.05, 0) is 103 Å².